The lowest BCUT2D eigenvalue weighted by molar-refractivity contribution is 0.0686. The standard InChI is InChI=1S/C13H13ClN2O3/c1-7(2)15-10-4-3-8(5-9(10)14)12-6-11(13(17)18)16-19-12/h3-7,15H,1-2H3,(H,17,18). The monoisotopic (exact) mass is 280 g/mol. The normalized spacial score (nSPS) is 10.7. The first-order chi connectivity index (χ1) is 8.97. The fourth-order valence-electron chi connectivity index (χ4n) is 1.61. The number of aromatic carboxylic acids is 1. The van der Waals surface area contributed by atoms with Crippen molar-refractivity contribution in [3.05, 3.63) is 35.0 Å². The SMILES string of the molecule is CC(C)Nc1ccc(-c2cc(C(=O)O)no2)cc1Cl. The molecule has 6 heteroatoms. The van der Waals surface area contributed by atoms with Crippen LogP contribution in [-0.4, -0.2) is 22.3 Å². The van der Waals surface area contributed by atoms with Crippen molar-refractivity contribution in [2.45, 2.75) is 19.9 Å². The van der Waals surface area contributed by atoms with E-state index in [1.165, 1.54) is 6.07 Å². The van der Waals surface area contributed by atoms with Crippen LogP contribution in [0.1, 0.15) is 24.3 Å². The van der Waals surface area contributed by atoms with E-state index in [0.717, 1.165) is 5.69 Å². The van der Waals surface area contributed by atoms with Crippen molar-refractivity contribution in [2.75, 3.05) is 5.32 Å². The minimum Gasteiger partial charge on any atom is -0.476 e. The molecular weight excluding hydrogens is 268 g/mol. The Hall–Kier alpha value is -2.01. The summed E-state index contributed by atoms with van der Waals surface area (Å²) in [5.41, 5.74) is 1.37. The summed E-state index contributed by atoms with van der Waals surface area (Å²) in [6, 6.07) is 6.96. The Morgan fingerprint density at radius 1 is 1.42 bits per heavy atom. The predicted molar refractivity (Wildman–Crippen MR) is 72.7 cm³/mol. The zero-order valence-electron chi connectivity index (χ0n) is 10.5. The molecule has 2 aromatic rings. The third kappa shape index (κ3) is 3.06. The van der Waals surface area contributed by atoms with E-state index in [9.17, 15) is 4.79 Å². The van der Waals surface area contributed by atoms with E-state index in [1.807, 2.05) is 19.9 Å². The van der Waals surface area contributed by atoms with E-state index in [-0.39, 0.29) is 11.7 Å². The van der Waals surface area contributed by atoms with Crippen LogP contribution in [0.4, 0.5) is 5.69 Å². The molecule has 0 bridgehead atoms. The van der Waals surface area contributed by atoms with Crippen molar-refractivity contribution in [1.29, 1.82) is 0 Å². The van der Waals surface area contributed by atoms with E-state index in [4.69, 9.17) is 21.2 Å². The summed E-state index contributed by atoms with van der Waals surface area (Å²) in [6.45, 7) is 4.03. The Labute approximate surface area is 115 Å². The van der Waals surface area contributed by atoms with Gasteiger partial charge < -0.3 is 14.9 Å². The van der Waals surface area contributed by atoms with Crippen molar-refractivity contribution in [1.82, 2.24) is 5.16 Å². The Balaban J connectivity index is 2.30. The molecule has 100 valence electrons. The topological polar surface area (TPSA) is 75.4 Å². The summed E-state index contributed by atoms with van der Waals surface area (Å²) in [5.74, 6) is -0.755. The molecule has 0 saturated carbocycles. The smallest absolute Gasteiger partial charge is 0.358 e. The first-order valence-corrected chi connectivity index (χ1v) is 6.11. The fourth-order valence-corrected chi connectivity index (χ4v) is 1.84. The van der Waals surface area contributed by atoms with Gasteiger partial charge in [-0.1, -0.05) is 16.8 Å². The molecule has 0 saturated heterocycles. The average Bonchev–Trinajstić information content (AvgIpc) is 2.80. The van der Waals surface area contributed by atoms with Crippen LogP contribution in [0.15, 0.2) is 28.8 Å². The number of anilines is 1. The first-order valence-electron chi connectivity index (χ1n) is 5.74. The molecule has 2 rings (SSSR count). The van der Waals surface area contributed by atoms with Crippen molar-refractivity contribution in [3.63, 3.8) is 0 Å². The third-order valence-corrected chi connectivity index (χ3v) is 2.74. The molecule has 1 heterocycles. The van der Waals surface area contributed by atoms with Gasteiger partial charge >= 0.3 is 5.97 Å². The number of aromatic nitrogens is 1. The van der Waals surface area contributed by atoms with Gasteiger partial charge in [0, 0.05) is 17.7 Å². The number of halogens is 1. The highest BCUT2D eigenvalue weighted by Crippen LogP contribution is 2.29. The molecule has 0 amide bonds. The molecule has 19 heavy (non-hydrogen) atoms. The number of carboxylic acid groups (broad SMARTS) is 1. The number of benzene rings is 1. The number of rotatable bonds is 4. The molecule has 5 nitrogen and oxygen atoms in total. The largest absolute Gasteiger partial charge is 0.476 e. The molecule has 1 aromatic heterocycles. The van der Waals surface area contributed by atoms with Crippen LogP contribution in [0, 0.1) is 0 Å². The van der Waals surface area contributed by atoms with E-state index in [0.29, 0.717) is 16.3 Å². The van der Waals surface area contributed by atoms with Crippen molar-refractivity contribution < 1.29 is 14.4 Å². The number of carboxylic acids is 1. The fraction of sp³-hybridized carbons (Fsp3) is 0.231. The van der Waals surface area contributed by atoms with Gasteiger partial charge in [0.05, 0.1) is 10.7 Å². The number of nitrogens with one attached hydrogen (secondary N) is 1. The van der Waals surface area contributed by atoms with Crippen LogP contribution >= 0.6 is 11.6 Å². The highest BCUT2D eigenvalue weighted by molar-refractivity contribution is 6.33. The summed E-state index contributed by atoms with van der Waals surface area (Å²) < 4.78 is 4.98. The number of carbonyl (C=O) groups is 1. The Morgan fingerprint density at radius 3 is 2.68 bits per heavy atom. The lowest BCUT2D eigenvalue weighted by Crippen LogP contribution is -2.09. The highest BCUT2D eigenvalue weighted by atomic mass is 35.5. The molecule has 0 aliphatic carbocycles. The second-order valence-corrected chi connectivity index (χ2v) is 4.78. The summed E-state index contributed by atoms with van der Waals surface area (Å²) >= 11 is 6.15. The van der Waals surface area contributed by atoms with Crippen molar-refractivity contribution >= 4 is 23.3 Å². The second kappa shape index (κ2) is 5.32. The van der Waals surface area contributed by atoms with Gasteiger partial charge in [0.15, 0.2) is 11.5 Å². The van der Waals surface area contributed by atoms with Gasteiger partial charge in [0.2, 0.25) is 0 Å². The van der Waals surface area contributed by atoms with Gasteiger partial charge in [-0.05, 0) is 32.0 Å². The maximum Gasteiger partial charge on any atom is 0.358 e. The van der Waals surface area contributed by atoms with Crippen LogP contribution in [0.3, 0.4) is 0 Å². The number of hydrogen-bond donors (Lipinski definition) is 2. The average molecular weight is 281 g/mol. The molecule has 0 fully saturated rings. The molecular formula is C13H13ClN2O3. The van der Waals surface area contributed by atoms with E-state index < -0.39 is 5.97 Å². The molecule has 0 spiro atoms. The maximum atomic E-state index is 10.7. The van der Waals surface area contributed by atoms with E-state index >= 15 is 0 Å². The summed E-state index contributed by atoms with van der Waals surface area (Å²) in [6.07, 6.45) is 0. The molecule has 0 aliphatic rings. The summed E-state index contributed by atoms with van der Waals surface area (Å²) in [7, 11) is 0. The Kier molecular flexibility index (Phi) is 3.76. The number of hydrogen-bond acceptors (Lipinski definition) is 4. The second-order valence-electron chi connectivity index (χ2n) is 4.38. The zero-order valence-corrected chi connectivity index (χ0v) is 11.2. The molecule has 2 N–H and O–H groups in total. The lowest BCUT2D eigenvalue weighted by atomic mass is 10.1. The van der Waals surface area contributed by atoms with Gasteiger partial charge in [-0.15, -0.1) is 0 Å². The van der Waals surface area contributed by atoms with Crippen LogP contribution in [-0.2, 0) is 0 Å². The number of nitrogens with zero attached hydrogens (tertiary/aromatic N) is 1. The van der Waals surface area contributed by atoms with Crippen LogP contribution < -0.4 is 5.32 Å². The molecule has 1 aromatic carbocycles. The predicted octanol–water partition coefficient (Wildman–Crippen LogP) is 3.51. The van der Waals surface area contributed by atoms with Gasteiger partial charge in [0.1, 0.15) is 0 Å². The van der Waals surface area contributed by atoms with E-state index in [1.54, 1.807) is 12.1 Å². The summed E-state index contributed by atoms with van der Waals surface area (Å²) in [5, 5.41) is 16.0. The van der Waals surface area contributed by atoms with Crippen LogP contribution in [0.5, 0.6) is 0 Å². The van der Waals surface area contributed by atoms with Gasteiger partial charge in [-0.3, -0.25) is 0 Å². The zero-order chi connectivity index (χ0) is 14.0. The minimum atomic E-state index is -1.13. The first kappa shape index (κ1) is 13.4. The summed E-state index contributed by atoms with van der Waals surface area (Å²) in [4.78, 5) is 10.7. The van der Waals surface area contributed by atoms with Crippen molar-refractivity contribution in [2.24, 2.45) is 0 Å². The van der Waals surface area contributed by atoms with Crippen molar-refractivity contribution in [3.8, 4) is 11.3 Å². The van der Waals surface area contributed by atoms with Gasteiger partial charge in [-0.25, -0.2) is 4.79 Å². The Morgan fingerprint density at radius 2 is 2.16 bits per heavy atom. The van der Waals surface area contributed by atoms with Crippen LogP contribution in [0.2, 0.25) is 5.02 Å². The molecule has 0 unspecified atom stereocenters. The van der Waals surface area contributed by atoms with E-state index in [2.05, 4.69) is 10.5 Å². The highest BCUT2D eigenvalue weighted by Gasteiger charge is 2.13. The quantitative estimate of drug-likeness (QED) is 0.896. The van der Waals surface area contributed by atoms with Gasteiger partial charge in [-0.2, -0.15) is 0 Å². The lowest BCUT2D eigenvalue weighted by Gasteiger charge is -2.11. The minimum absolute atomic E-state index is 0.129. The molecule has 0 aliphatic heterocycles. The molecule has 0 atom stereocenters. The maximum absolute atomic E-state index is 10.7. The molecule has 0 radical (unpaired) electrons. The van der Waals surface area contributed by atoms with Crippen LogP contribution in [0.25, 0.3) is 11.3 Å². The third-order valence-electron chi connectivity index (χ3n) is 2.43. The van der Waals surface area contributed by atoms with Gasteiger partial charge in [0.25, 0.3) is 0 Å². The Bertz CT molecular complexity index is 608.